The Morgan fingerprint density at radius 2 is 1.52 bits per heavy atom. The third-order valence-electron chi connectivity index (χ3n) is 8.76. The summed E-state index contributed by atoms with van der Waals surface area (Å²) < 4.78 is 0. The molecule has 0 aliphatic heterocycles. The van der Waals surface area contributed by atoms with Gasteiger partial charge in [0.25, 0.3) is 5.91 Å². The highest BCUT2D eigenvalue weighted by molar-refractivity contribution is 7.14. The van der Waals surface area contributed by atoms with Crippen molar-refractivity contribution in [2.24, 2.45) is 5.41 Å². The maximum Gasteiger partial charge on any atom is 0.251 e. The lowest BCUT2D eigenvalue weighted by atomic mass is 9.52. The molecule has 1 unspecified atom stereocenters. The van der Waals surface area contributed by atoms with E-state index in [4.69, 9.17) is 4.98 Å². The number of nitrogens with one attached hydrogen (secondary N) is 2. The van der Waals surface area contributed by atoms with E-state index in [-0.39, 0.29) is 23.7 Å². The highest BCUT2D eigenvalue weighted by atomic mass is 32.1. The first-order valence-electron chi connectivity index (χ1n) is 14.2. The van der Waals surface area contributed by atoms with Crippen LogP contribution in [0.25, 0.3) is 11.3 Å². The average molecular weight is 571 g/mol. The monoisotopic (exact) mass is 570 g/mol. The molecular formula is C35H30N4O2S. The fourth-order valence-electron chi connectivity index (χ4n) is 6.66. The van der Waals surface area contributed by atoms with Gasteiger partial charge in [-0.25, -0.2) is 4.98 Å². The van der Waals surface area contributed by atoms with E-state index < -0.39 is 5.41 Å². The van der Waals surface area contributed by atoms with Crippen molar-refractivity contribution in [2.45, 2.75) is 31.6 Å². The molecule has 1 atom stereocenters. The van der Waals surface area contributed by atoms with E-state index >= 15 is 0 Å². The molecule has 0 spiro atoms. The zero-order chi connectivity index (χ0) is 28.7. The molecule has 208 valence electrons. The molecule has 2 amide bonds. The van der Waals surface area contributed by atoms with Crippen LogP contribution < -0.4 is 10.6 Å². The summed E-state index contributed by atoms with van der Waals surface area (Å²) in [4.78, 5) is 35.3. The van der Waals surface area contributed by atoms with Gasteiger partial charge in [-0.3, -0.25) is 14.6 Å². The number of thiazole rings is 1. The lowest BCUT2D eigenvalue weighted by molar-refractivity contribution is -0.126. The Bertz CT molecular complexity index is 1740. The summed E-state index contributed by atoms with van der Waals surface area (Å²) in [6, 6.07) is 28.4. The zero-order valence-electron chi connectivity index (χ0n) is 23.2. The van der Waals surface area contributed by atoms with Crippen LogP contribution in [0.4, 0.5) is 5.13 Å². The van der Waals surface area contributed by atoms with Crippen molar-refractivity contribution in [1.29, 1.82) is 0 Å². The van der Waals surface area contributed by atoms with Crippen LogP contribution in [0.3, 0.4) is 0 Å². The first-order valence-corrected chi connectivity index (χ1v) is 15.1. The lowest BCUT2D eigenvalue weighted by Crippen LogP contribution is -2.47. The molecule has 0 saturated heterocycles. The van der Waals surface area contributed by atoms with Gasteiger partial charge in [0.15, 0.2) is 5.13 Å². The second-order valence-electron chi connectivity index (χ2n) is 11.3. The number of aromatic nitrogens is 2. The van der Waals surface area contributed by atoms with E-state index in [1.54, 1.807) is 12.4 Å². The van der Waals surface area contributed by atoms with Crippen molar-refractivity contribution in [3.05, 3.63) is 136 Å². The minimum atomic E-state index is -0.592. The SMILES string of the molecule is CC1(C(=O)Nc2nc(-c3ccc(C(=O)NCCc4ccncc4)cc3)cs2)CC2c3ccccc3C1c1ccccc12. The van der Waals surface area contributed by atoms with Crippen molar-refractivity contribution in [3.8, 4) is 11.3 Å². The van der Waals surface area contributed by atoms with Gasteiger partial charge in [0.2, 0.25) is 5.91 Å². The number of carbonyl (C=O) groups excluding carboxylic acids is 2. The van der Waals surface area contributed by atoms with Gasteiger partial charge in [-0.1, -0.05) is 60.7 Å². The molecule has 8 rings (SSSR count). The van der Waals surface area contributed by atoms with Crippen LogP contribution in [0.5, 0.6) is 0 Å². The molecular weight excluding hydrogens is 540 g/mol. The molecule has 42 heavy (non-hydrogen) atoms. The number of fused-ring (bicyclic) bond motifs is 1. The van der Waals surface area contributed by atoms with E-state index in [9.17, 15) is 9.59 Å². The highest BCUT2D eigenvalue weighted by Crippen LogP contribution is 2.61. The molecule has 2 aromatic heterocycles. The van der Waals surface area contributed by atoms with Crippen molar-refractivity contribution in [2.75, 3.05) is 11.9 Å². The summed E-state index contributed by atoms with van der Waals surface area (Å²) in [5, 5.41) is 8.65. The van der Waals surface area contributed by atoms with Gasteiger partial charge in [0.1, 0.15) is 0 Å². The van der Waals surface area contributed by atoms with Crippen LogP contribution in [0.1, 0.15) is 63.4 Å². The van der Waals surface area contributed by atoms with Gasteiger partial charge in [-0.2, -0.15) is 0 Å². The molecule has 7 heteroatoms. The number of rotatable bonds is 7. The number of carbonyl (C=O) groups is 2. The van der Waals surface area contributed by atoms with Crippen LogP contribution in [-0.4, -0.2) is 28.3 Å². The lowest BCUT2D eigenvalue weighted by Gasteiger charge is -2.50. The van der Waals surface area contributed by atoms with Gasteiger partial charge < -0.3 is 10.6 Å². The Labute approximate surface area is 248 Å². The number of benzene rings is 3. The summed E-state index contributed by atoms with van der Waals surface area (Å²) in [7, 11) is 0. The summed E-state index contributed by atoms with van der Waals surface area (Å²) in [6.07, 6.45) is 5.02. The second-order valence-corrected chi connectivity index (χ2v) is 12.2. The molecule has 0 radical (unpaired) electrons. The molecule has 0 saturated carbocycles. The molecule has 6 nitrogen and oxygen atoms in total. The Hall–Kier alpha value is -4.62. The molecule has 2 N–H and O–H groups in total. The molecule has 5 aromatic rings. The number of hydrogen-bond acceptors (Lipinski definition) is 5. The predicted octanol–water partition coefficient (Wildman–Crippen LogP) is 6.80. The topological polar surface area (TPSA) is 84.0 Å². The van der Waals surface area contributed by atoms with Crippen LogP contribution in [-0.2, 0) is 11.2 Å². The molecule has 3 aromatic carbocycles. The molecule has 3 aliphatic carbocycles. The number of pyridine rings is 1. The Balaban J connectivity index is 1.04. The fourth-order valence-corrected chi connectivity index (χ4v) is 7.37. The van der Waals surface area contributed by atoms with Crippen molar-refractivity contribution >= 4 is 28.3 Å². The quantitative estimate of drug-likeness (QED) is 0.225. The van der Waals surface area contributed by atoms with Crippen LogP contribution >= 0.6 is 11.3 Å². The second kappa shape index (κ2) is 10.7. The standard InChI is InChI=1S/C35H30N4O2S/c1-35(20-29-25-6-2-4-8-27(25)31(35)28-9-5-3-7-26(28)29)33(41)39-34-38-30(21-42-34)23-10-12-24(13-11-23)32(40)37-19-16-22-14-17-36-18-15-22/h2-15,17-18,21,29,31H,16,19-20H2,1H3,(H,37,40)(H,38,39,41). The fraction of sp³-hybridized carbons (Fsp3) is 0.200. The van der Waals surface area contributed by atoms with Crippen molar-refractivity contribution in [1.82, 2.24) is 15.3 Å². The van der Waals surface area contributed by atoms with E-state index in [0.717, 1.165) is 29.7 Å². The third kappa shape index (κ3) is 4.60. The molecule has 2 bridgehead atoms. The third-order valence-corrected chi connectivity index (χ3v) is 9.52. The smallest absolute Gasteiger partial charge is 0.251 e. The molecule has 2 heterocycles. The van der Waals surface area contributed by atoms with E-state index in [1.165, 1.54) is 33.6 Å². The van der Waals surface area contributed by atoms with Gasteiger partial charge in [0, 0.05) is 47.3 Å². The summed E-state index contributed by atoms with van der Waals surface area (Å²) in [5.74, 6) is 0.0929. The Kier molecular flexibility index (Phi) is 6.67. The van der Waals surface area contributed by atoms with Crippen LogP contribution in [0, 0.1) is 5.41 Å². The van der Waals surface area contributed by atoms with Crippen LogP contribution in [0.2, 0.25) is 0 Å². The largest absolute Gasteiger partial charge is 0.352 e. The highest BCUT2D eigenvalue weighted by Gasteiger charge is 2.54. The summed E-state index contributed by atoms with van der Waals surface area (Å²) in [5.41, 5.74) is 7.99. The zero-order valence-corrected chi connectivity index (χ0v) is 24.0. The minimum Gasteiger partial charge on any atom is -0.352 e. The van der Waals surface area contributed by atoms with Gasteiger partial charge in [-0.05, 0) is 71.8 Å². The Morgan fingerprint density at radius 3 is 2.19 bits per heavy atom. The summed E-state index contributed by atoms with van der Waals surface area (Å²) >= 11 is 1.42. The number of amides is 2. The predicted molar refractivity (Wildman–Crippen MR) is 166 cm³/mol. The first kappa shape index (κ1) is 26.3. The first-order chi connectivity index (χ1) is 20.5. The van der Waals surface area contributed by atoms with Crippen molar-refractivity contribution < 1.29 is 9.59 Å². The van der Waals surface area contributed by atoms with Gasteiger partial charge in [0.05, 0.1) is 11.1 Å². The van der Waals surface area contributed by atoms with Crippen LogP contribution in [0.15, 0.2) is 103 Å². The van der Waals surface area contributed by atoms with Gasteiger partial charge >= 0.3 is 0 Å². The normalized spacial score (nSPS) is 19.9. The number of anilines is 1. The molecule has 3 aliphatic rings. The van der Waals surface area contributed by atoms with E-state index in [2.05, 4.69) is 71.1 Å². The molecule has 0 fully saturated rings. The average Bonchev–Trinajstić information content (AvgIpc) is 3.50. The van der Waals surface area contributed by atoms with Crippen molar-refractivity contribution in [3.63, 3.8) is 0 Å². The maximum absolute atomic E-state index is 13.9. The van der Waals surface area contributed by atoms with E-state index in [1.807, 2.05) is 41.8 Å². The minimum absolute atomic E-state index is 0.00110. The Morgan fingerprint density at radius 1 is 0.881 bits per heavy atom. The number of nitrogens with zero attached hydrogens (tertiary/aromatic N) is 2. The summed E-state index contributed by atoms with van der Waals surface area (Å²) in [6.45, 7) is 2.65. The van der Waals surface area contributed by atoms with Gasteiger partial charge in [-0.15, -0.1) is 11.3 Å². The van der Waals surface area contributed by atoms with E-state index in [0.29, 0.717) is 17.2 Å². The maximum atomic E-state index is 13.9. The number of hydrogen-bond donors (Lipinski definition) is 2.